The summed E-state index contributed by atoms with van der Waals surface area (Å²) < 4.78 is 20.5. The van der Waals surface area contributed by atoms with Gasteiger partial charge in [0, 0.05) is 30.1 Å². The molecule has 1 fully saturated rings. The van der Waals surface area contributed by atoms with Gasteiger partial charge in [0.2, 0.25) is 0 Å². The fraction of sp³-hybridized carbons (Fsp3) is 0.500. The van der Waals surface area contributed by atoms with Gasteiger partial charge < -0.3 is 20.3 Å². The third kappa shape index (κ3) is 4.34. The minimum absolute atomic E-state index is 0.173. The van der Waals surface area contributed by atoms with Crippen molar-refractivity contribution in [2.75, 3.05) is 36.5 Å². The molecule has 0 radical (unpaired) electrons. The van der Waals surface area contributed by atoms with Crippen molar-refractivity contribution in [3.8, 4) is 11.4 Å². The van der Waals surface area contributed by atoms with Gasteiger partial charge in [0.15, 0.2) is 5.82 Å². The van der Waals surface area contributed by atoms with Crippen LogP contribution in [0.1, 0.15) is 39.0 Å². The lowest BCUT2D eigenvalue weighted by atomic mass is 10.0. The molecule has 0 spiro atoms. The zero-order valence-electron chi connectivity index (χ0n) is 18.3. The lowest BCUT2D eigenvalue weighted by molar-refractivity contribution is 0.0984. The van der Waals surface area contributed by atoms with E-state index >= 15 is 4.39 Å². The van der Waals surface area contributed by atoms with Crippen molar-refractivity contribution < 1.29 is 13.9 Å². The molecule has 31 heavy (non-hydrogen) atoms. The number of thioether (sulfide) groups is 1. The van der Waals surface area contributed by atoms with Gasteiger partial charge >= 0.3 is 6.03 Å². The predicted molar refractivity (Wildman–Crippen MR) is 122 cm³/mol. The summed E-state index contributed by atoms with van der Waals surface area (Å²) in [6.45, 7) is 10.7. The SMILES string of the molecule is CCNC(=O)Nc1ccc(-c2nc(N3CCOCC3C)c3c(n2)C(C)(C)SC3)c(F)c1. The number of anilines is 2. The third-order valence-corrected chi connectivity index (χ3v) is 6.93. The van der Waals surface area contributed by atoms with E-state index in [4.69, 9.17) is 14.7 Å². The number of aromatic nitrogens is 2. The maximum atomic E-state index is 15.1. The van der Waals surface area contributed by atoms with Crippen LogP contribution >= 0.6 is 11.8 Å². The van der Waals surface area contributed by atoms with E-state index in [0.29, 0.717) is 36.8 Å². The van der Waals surface area contributed by atoms with E-state index in [-0.39, 0.29) is 16.8 Å². The quantitative estimate of drug-likeness (QED) is 0.737. The van der Waals surface area contributed by atoms with Crippen LogP contribution in [0, 0.1) is 5.82 Å². The predicted octanol–water partition coefficient (Wildman–Crippen LogP) is 4.13. The van der Waals surface area contributed by atoms with Gasteiger partial charge in [-0.05, 0) is 45.9 Å². The standard InChI is InChI=1S/C22H28FN5O2S/c1-5-24-21(29)25-14-6-7-15(17(23)10-14)19-26-18-16(12-31-22(18,3)4)20(27-19)28-8-9-30-11-13(28)2/h6-7,10,13H,5,8-9,11-12H2,1-4H3,(H2,24,25,29). The molecule has 2 aliphatic heterocycles. The fourth-order valence-corrected chi connectivity index (χ4v) is 5.01. The first-order chi connectivity index (χ1) is 14.8. The molecule has 1 atom stereocenters. The molecule has 2 N–H and O–H groups in total. The van der Waals surface area contributed by atoms with Crippen LogP contribution in [0.15, 0.2) is 18.2 Å². The minimum atomic E-state index is -0.473. The largest absolute Gasteiger partial charge is 0.377 e. The number of amides is 2. The molecule has 0 saturated carbocycles. The van der Waals surface area contributed by atoms with Crippen molar-refractivity contribution in [2.24, 2.45) is 0 Å². The van der Waals surface area contributed by atoms with E-state index in [9.17, 15) is 4.79 Å². The Balaban J connectivity index is 1.75. The average molecular weight is 446 g/mol. The molecule has 2 amide bonds. The summed E-state index contributed by atoms with van der Waals surface area (Å²) in [6.07, 6.45) is 0. The monoisotopic (exact) mass is 445 g/mol. The van der Waals surface area contributed by atoms with Crippen LogP contribution in [-0.4, -0.2) is 48.3 Å². The van der Waals surface area contributed by atoms with E-state index < -0.39 is 5.82 Å². The molecule has 4 rings (SSSR count). The molecule has 3 heterocycles. The summed E-state index contributed by atoms with van der Waals surface area (Å²) in [6, 6.07) is 4.41. The fourth-order valence-electron chi connectivity index (χ4n) is 3.93. The van der Waals surface area contributed by atoms with Crippen LogP contribution in [0.3, 0.4) is 0 Å². The zero-order chi connectivity index (χ0) is 22.2. The van der Waals surface area contributed by atoms with E-state index in [1.54, 1.807) is 12.1 Å². The number of carbonyl (C=O) groups excluding carboxylic acids is 1. The van der Waals surface area contributed by atoms with Gasteiger partial charge in [-0.1, -0.05) is 0 Å². The first kappa shape index (κ1) is 21.8. The smallest absolute Gasteiger partial charge is 0.319 e. The molecule has 0 bridgehead atoms. The molecule has 1 unspecified atom stereocenters. The summed E-state index contributed by atoms with van der Waals surface area (Å²) in [5.41, 5.74) is 2.79. The molecule has 1 aromatic heterocycles. The van der Waals surface area contributed by atoms with E-state index in [1.165, 1.54) is 6.07 Å². The Bertz CT molecular complexity index is 1000. The molecule has 166 valence electrons. The highest BCUT2D eigenvalue weighted by Crippen LogP contribution is 2.49. The molecule has 7 nitrogen and oxygen atoms in total. The summed E-state index contributed by atoms with van der Waals surface area (Å²) in [5, 5.41) is 5.26. The molecule has 1 aromatic carbocycles. The molecule has 1 saturated heterocycles. The lowest BCUT2D eigenvalue weighted by Crippen LogP contribution is -2.44. The molecule has 2 aromatic rings. The van der Waals surface area contributed by atoms with Gasteiger partial charge in [0.25, 0.3) is 0 Å². The van der Waals surface area contributed by atoms with Crippen LogP contribution in [0.4, 0.5) is 20.7 Å². The number of ether oxygens (including phenoxy) is 1. The number of hydrogen-bond donors (Lipinski definition) is 2. The van der Waals surface area contributed by atoms with Crippen LogP contribution in [0.25, 0.3) is 11.4 Å². The lowest BCUT2D eigenvalue weighted by Gasteiger charge is -2.35. The Hall–Kier alpha value is -2.39. The molecule has 0 aliphatic carbocycles. The zero-order valence-corrected chi connectivity index (χ0v) is 19.1. The van der Waals surface area contributed by atoms with Crippen LogP contribution < -0.4 is 15.5 Å². The molecular weight excluding hydrogens is 417 g/mol. The van der Waals surface area contributed by atoms with Gasteiger partial charge in [-0.25, -0.2) is 19.2 Å². The normalized spacial score (nSPS) is 19.8. The Morgan fingerprint density at radius 2 is 2.19 bits per heavy atom. The highest BCUT2D eigenvalue weighted by Gasteiger charge is 2.37. The van der Waals surface area contributed by atoms with Crippen molar-refractivity contribution >= 4 is 29.3 Å². The summed E-state index contributed by atoms with van der Waals surface area (Å²) >= 11 is 1.82. The minimum Gasteiger partial charge on any atom is -0.377 e. The van der Waals surface area contributed by atoms with Crippen molar-refractivity contribution in [1.29, 1.82) is 0 Å². The Morgan fingerprint density at radius 3 is 2.90 bits per heavy atom. The van der Waals surface area contributed by atoms with Crippen molar-refractivity contribution in [3.63, 3.8) is 0 Å². The number of hydrogen-bond acceptors (Lipinski definition) is 6. The molecule has 2 aliphatic rings. The van der Waals surface area contributed by atoms with E-state index in [1.807, 2.05) is 18.7 Å². The highest BCUT2D eigenvalue weighted by atomic mass is 32.2. The van der Waals surface area contributed by atoms with Crippen molar-refractivity contribution in [1.82, 2.24) is 15.3 Å². The maximum absolute atomic E-state index is 15.1. The number of halogens is 1. The van der Waals surface area contributed by atoms with Gasteiger partial charge in [-0.3, -0.25) is 0 Å². The number of benzene rings is 1. The number of rotatable bonds is 4. The Labute approximate surface area is 186 Å². The summed E-state index contributed by atoms with van der Waals surface area (Å²) in [7, 11) is 0. The van der Waals surface area contributed by atoms with E-state index in [0.717, 1.165) is 29.4 Å². The summed E-state index contributed by atoms with van der Waals surface area (Å²) in [4.78, 5) is 23.6. The number of nitrogens with zero attached hydrogens (tertiary/aromatic N) is 3. The molecule has 9 heteroatoms. The van der Waals surface area contributed by atoms with E-state index in [2.05, 4.69) is 36.3 Å². The number of urea groups is 1. The van der Waals surface area contributed by atoms with Crippen LogP contribution in [0.2, 0.25) is 0 Å². The summed E-state index contributed by atoms with van der Waals surface area (Å²) in [5.74, 6) is 1.60. The van der Waals surface area contributed by atoms with Gasteiger partial charge in [-0.15, -0.1) is 11.8 Å². The Morgan fingerprint density at radius 1 is 1.39 bits per heavy atom. The third-order valence-electron chi connectivity index (χ3n) is 5.58. The van der Waals surface area contributed by atoms with Gasteiger partial charge in [-0.2, -0.15) is 0 Å². The second kappa shape index (κ2) is 8.63. The number of fused-ring (bicyclic) bond motifs is 1. The van der Waals surface area contributed by atoms with Gasteiger partial charge in [0.1, 0.15) is 11.6 Å². The maximum Gasteiger partial charge on any atom is 0.319 e. The Kier molecular flexibility index (Phi) is 6.07. The van der Waals surface area contributed by atoms with Crippen molar-refractivity contribution in [3.05, 3.63) is 35.3 Å². The number of carbonyl (C=O) groups is 1. The van der Waals surface area contributed by atoms with Crippen LogP contribution in [0.5, 0.6) is 0 Å². The molecular formula is C22H28FN5O2S. The highest BCUT2D eigenvalue weighted by molar-refractivity contribution is 7.99. The second-order valence-electron chi connectivity index (χ2n) is 8.29. The van der Waals surface area contributed by atoms with Crippen molar-refractivity contribution in [2.45, 2.75) is 44.2 Å². The van der Waals surface area contributed by atoms with Gasteiger partial charge in [0.05, 0.1) is 35.3 Å². The average Bonchev–Trinajstić information content (AvgIpc) is 3.03. The number of nitrogens with one attached hydrogen (secondary N) is 2. The topological polar surface area (TPSA) is 79.4 Å². The first-order valence-corrected chi connectivity index (χ1v) is 11.5. The first-order valence-electron chi connectivity index (χ1n) is 10.5. The van der Waals surface area contributed by atoms with Crippen LogP contribution in [-0.2, 0) is 15.2 Å². The second-order valence-corrected chi connectivity index (χ2v) is 9.89. The number of morpholine rings is 1.